The molecule has 0 bridgehead atoms. The number of carboxylic acids is 1. The fraction of sp³-hybridized carbons (Fsp3) is 0.667. The summed E-state index contributed by atoms with van der Waals surface area (Å²) in [4.78, 5) is 9.80. The number of carboxylic acid groups (broad SMARTS) is 1. The summed E-state index contributed by atoms with van der Waals surface area (Å²) < 4.78 is 0. The number of rotatable bonds is 2. The molecular weight excluding hydrogens is 184 g/mol. The van der Waals surface area contributed by atoms with E-state index in [2.05, 4.69) is 16.0 Å². The topological polar surface area (TPSA) is 63.3 Å². The molecule has 0 aromatic heterocycles. The van der Waals surface area contributed by atoms with Crippen molar-refractivity contribution in [1.82, 2.24) is 0 Å². The molecular formula is C3H8NNaO2Se. The molecule has 0 fully saturated rings. The summed E-state index contributed by atoms with van der Waals surface area (Å²) in [5.74, 6) is -0.944. The zero-order valence-electron chi connectivity index (χ0n) is 5.66. The molecule has 3 nitrogen and oxygen atoms in total. The Bertz CT molecular complexity index is 84.2. The first-order valence-electron chi connectivity index (χ1n) is 1.77. The Labute approximate surface area is 79.6 Å². The van der Waals surface area contributed by atoms with Crippen molar-refractivity contribution < 1.29 is 40.9 Å². The molecule has 0 aromatic carbocycles. The van der Waals surface area contributed by atoms with E-state index in [1.807, 2.05) is 0 Å². The number of hydrogen-bond donors (Lipinski definition) is 2. The zero-order valence-corrected chi connectivity index (χ0v) is 8.54. The van der Waals surface area contributed by atoms with Crippen LogP contribution in [0.25, 0.3) is 0 Å². The predicted octanol–water partition coefficient (Wildman–Crippen LogP) is -4.17. The molecule has 0 rings (SSSR count). The molecule has 0 aliphatic rings. The molecule has 8 heavy (non-hydrogen) atoms. The van der Waals surface area contributed by atoms with E-state index in [1.165, 1.54) is 0 Å². The van der Waals surface area contributed by atoms with Gasteiger partial charge in [0.2, 0.25) is 0 Å². The summed E-state index contributed by atoms with van der Waals surface area (Å²) in [6.07, 6.45) is 0. The van der Waals surface area contributed by atoms with Crippen LogP contribution in [-0.2, 0) is 4.79 Å². The summed E-state index contributed by atoms with van der Waals surface area (Å²) >= 11 is 2.13. The van der Waals surface area contributed by atoms with E-state index < -0.39 is 12.0 Å². The summed E-state index contributed by atoms with van der Waals surface area (Å²) in [5, 5.41) is 8.48. The van der Waals surface area contributed by atoms with Crippen molar-refractivity contribution in [3.05, 3.63) is 0 Å². The number of hydrogen-bond acceptors (Lipinski definition) is 2. The van der Waals surface area contributed by atoms with Crippen molar-refractivity contribution in [2.75, 3.05) is 0 Å². The molecule has 5 heteroatoms. The fourth-order valence-electron chi connectivity index (χ4n) is 0.0781. The minimum atomic E-state index is -0.944. The number of aliphatic carboxylic acids is 1. The van der Waals surface area contributed by atoms with Gasteiger partial charge in [0.25, 0.3) is 0 Å². The fourth-order valence-corrected chi connectivity index (χ4v) is 0.406. The van der Waals surface area contributed by atoms with Crippen molar-refractivity contribution in [3.63, 3.8) is 0 Å². The van der Waals surface area contributed by atoms with E-state index in [-0.39, 0.29) is 31.0 Å². The summed E-state index contributed by atoms with van der Waals surface area (Å²) in [5.41, 5.74) is 5.00. The quantitative estimate of drug-likeness (QED) is 0.436. The van der Waals surface area contributed by atoms with Crippen LogP contribution in [0.3, 0.4) is 0 Å². The van der Waals surface area contributed by atoms with Crippen LogP contribution in [0, 0.1) is 0 Å². The van der Waals surface area contributed by atoms with Crippen LogP contribution < -0.4 is 35.3 Å². The van der Waals surface area contributed by atoms with Gasteiger partial charge in [-0.2, -0.15) is 0 Å². The van der Waals surface area contributed by atoms with Crippen molar-refractivity contribution in [2.24, 2.45) is 5.73 Å². The number of nitrogens with two attached hydrogens (primary N) is 1. The minimum Gasteiger partial charge on any atom is -1.00 e. The first kappa shape index (κ1) is 11.7. The molecule has 1 atom stereocenters. The third-order valence-corrected chi connectivity index (χ3v) is 1.34. The molecule has 0 aliphatic carbocycles. The molecule has 0 spiro atoms. The van der Waals surface area contributed by atoms with Crippen molar-refractivity contribution in [1.29, 1.82) is 0 Å². The summed E-state index contributed by atoms with van der Waals surface area (Å²) in [6, 6.07) is -0.708. The van der Waals surface area contributed by atoms with Gasteiger partial charge in [-0.3, -0.25) is 0 Å². The van der Waals surface area contributed by atoms with Crippen molar-refractivity contribution in [2.45, 2.75) is 11.4 Å². The molecule has 44 valence electrons. The van der Waals surface area contributed by atoms with Crippen LogP contribution in [0.4, 0.5) is 0 Å². The zero-order chi connectivity index (χ0) is 5.86. The van der Waals surface area contributed by atoms with E-state index in [1.54, 1.807) is 0 Å². The maximum absolute atomic E-state index is 9.80. The van der Waals surface area contributed by atoms with Gasteiger partial charge in [0.05, 0.1) is 0 Å². The van der Waals surface area contributed by atoms with Crippen molar-refractivity contribution >= 4 is 22.0 Å². The van der Waals surface area contributed by atoms with Crippen LogP contribution in [0.1, 0.15) is 1.43 Å². The van der Waals surface area contributed by atoms with Gasteiger partial charge in [-0.05, 0) is 0 Å². The van der Waals surface area contributed by atoms with Crippen molar-refractivity contribution in [3.8, 4) is 0 Å². The molecule has 0 amide bonds. The van der Waals surface area contributed by atoms with E-state index in [0.717, 1.165) is 0 Å². The largest absolute Gasteiger partial charge is 1.00 e. The molecule has 0 aromatic rings. The standard InChI is InChI=1S/C3H7NO2Se.Na.H/c4-2(1-7)3(5)6;;/h2,7H,1,4H2,(H,5,6);;/q;+1;-1. The molecule has 0 aliphatic heterocycles. The molecule has 0 radical (unpaired) electrons. The Morgan fingerprint density at radius 2 is 2.38 bits per heavy atom. The molecule has 3 N–H and O–H groups in total. The van der Waals surface area contributed by atoms with Crippen LogP contribution in [0.2, 0.25) is 5.32 Å². The first-order chi connectivity index (χ1) is 3.18. The summed E-state index contributed by atoms with van der Waals surface area (Å²) in [7, 11) is 0. The second kappa shape index (κ2) is 6.08. The van der Waals surface area contributed by atoms with Crippen LogP contribution >= 0.6 is 0 Å². The van der Waals surface area contributed by atoms with Gasteiger partial charge in [0, 0.05) is 0 Å². The second-order valence-electron chi connectivity index (χ2n) is 1.13. The van der Waals surface area contributed by atoms with E-state index >= 15 is 0 Å². The van der Waals surface area contributed by atoms with E-state index in [4.69, 9.17) is 10.8 Å². The third kappa shape index (κ3) is 5.09. The average molecular weight is 192 g/mol. The molecule has 0 saturated carbocycles. The molecule has 0 heterocycles. The van der Waals surface area contributed by atoms with Crippen LogP contribution in [-0.4, -0.2) is 33.1 Å². The van der Waals surface area contributed by atoms with Gasteiger partial charge in [-0.15, -0.1) is 0 Å². The Kier molecular flexibility index (Phi) is 8.89. The Morgan fingerprint density at radius 1 is 2.00 bits per heavy atom. The Morgan fingerprint density at radius 3 is 2.38 bits per heavy atom. The Balaban J connectivity index is -0.000000180. The molecule has 0 saturated heterocycles. The Hall–Kier alpha value is 0.949. The molecule has 1 unspecified atom stereocenters. The average Bonchev–Trinajstić information content (AvgIpc) is 1.65. The predicted molar refractivity (Wildman–Crippen MR) is 28.7 cm³/mol. The minimum absolute atomic E-state index is 0. The van der Waals surface area contributed by atoms with E-state index in [0.29, 0.717) is 5.32 Å². The van der Waals surface area contributed by atoms with Crippen LogP contribution in [0.5, 0.6) is 0 Å². The maximum atomic E-state index is 9.80. The first-order valence-corrected chi connectivity index (χ1v) is 3.10. The second-order valence-corrected chi connectivity index (χ2v) is 1.89. The smallest absolute Gasteiger partial charge is 1.00 e. The van der Waals surface area contributed by atoms with E-state index in [9.17, 15) is 4.79 Å². The van der Waals surface area contributed by atoms with Gasteiger partial charge in [-0.1, -0.05) is 0 Å². The van der Waals surface area contributed by atoms with Gasteiger partial charge in [0.1, 0.15) is 0 Å². The van der Waals surface area contributed by atoms with Gasteiger partial charge >= 0.3 is 78.5 Å². The normalized spacial score (nSPS) is 11.8. The summed E-state index contributed by atoms with van der Waals surface area (Å²) in [6.45, 7) is 0. The van der Waals surface area contributed by atoms with Gasteiger partial charge in [0.15, 0.2) is 0 Å². The SMILES string of the molecule is NC(C[SeH])C(=O)O.[H-].[Na+]. The number of carbonyl (C=O) groups is 1. The van der Waals surface area contributed by atoms with Gasteiger partial charge < -0.3 is 1.43 Å². The maximum Gasteiger partial charge on any atom is 1.00 e. The third-order valence-electron chi connectivity index (χ3n) is 0.514. The van der Waals surface area contributed by atoms with Gasteiger partial charge in [-0.25, -0.2) is 0 Å². The van der Waals surface area contributed by atoms with Crippen LogP contribution in [0.15, 0.2) is 0 Å². The monoisotopic (exact) mass is 193 g/mol.